The molecule has 0 saturated carbocycles. The standard InChI is InChI=1S/C14H22ClN3OS/c1-9-11(15)17-13(14(2,3)4)18-12(9)16-10-5-7-20(19)8-6-10/h10H,5-8H2,1-4H3,(H,16,17,18). The summed E-state index contributed by atoms with van der Waals surface area (Å²) < 4.78 is 11.4. The van der Waals surface area contributed by atoms with Crippen molar-refractivity contribution in [1.82, 2.24) is 9.97 Å². The molecular formula is C14H22ClN3OS. The number of nitrogens with zero attached hydrogens (tertiary/aromatic N) is 2. The van der Waals surface area contributed by atoms with Crippen molar-refractivity contribution in [2.24, 2.45) is 0 Å². The first kappa shape index (κ1) is 15.7. The van der Waals surface area contributed by atoms with Crippen LogP contribution in [0, 0.1) is 6.92 Å². The van der Waals surface area contributed by atoms with Gasteiger partial charge in [0.15, 0.2) is 0 Å². The minimum Gasteiger partial charge on any atom is -0.367 e. The number of hydrogen-bond acceptors (Lipinski definition) is 4. The van der Waals surface area contributed by atoms with Crippen LogP contribution >= 0.6 is 11.6 Å². The van der Waals surface area contributed by atoms with Gasteiger partial charge < -0.3 is 5.32 Å². The van der Waals surface area contributed by atoms with E-state index in [1.807, 2.05) is 6.92 Å². The molecule has 2 rings (SSSR count). The maximum absolute atomic E-state index is 11.4. The maximum atomic E-state index is 11.4. The van der Waals surface area contributed by atoms with Gasteiger partial charge in [-0.05, 0) is 19.8 Å². The highest BCUT2D eigenvalue weighted by atomic mass is 35.5. The van der Waals surface area contributed by atoms with Crippen LogP contribution in [0.25, 0.3) is 0 Å². The van der Waals surface area contributed by atoms with E-state index in [2.05, 4.69) is 36.1 Å². The SMILES string of the molecule is Cc1c(Cl)nc(C(C)(C)C)nc1NC1CCS(=O)CC1. The zero-order valence-electron chi connectivity index (χ0n) is 12.5. The molecular weight excluding hydrogens is 294 g/mol. The van der Waals surface area contributed by atoms with E-state index < -0.39 is 10.8 Å². The van der Waals surface area contributed by atoms with E-state index in [0.29, 0.717) is 11.2 Å². The van der Waals surface area contributed by atoms with Gasteiger partial charge in [-0.25, -0.2) is 9.97 Å². The first-order chi connectivity index (χ1) is 9.27. The fraction of sp³-hybridized carbons (Fsp3) is 0.714. The van der Waals surface area contributed by atoms with Gasteiger partial charge in [0.1, 0.15) is 16.8 Å². The summed E-state index contributed by atoms with van der Waals surface area (Å²) in [4.78, 5) is 9.01. The van der Waals surface area contributed by atoms with Crippen molar-refractivity contribution in [2.45, 2.75) is 52.0 Å². The molecule has 0 radical (unpaired) electrons. The third-order valence-electron chi connectivity index (χ3n) is 3.49. The van der Waals surface area contributed by atoms with E-state index in [0.717, 1.165) is 41.6 Å². The fourth-order valence-electron chi connectivity index (χ4n) is 2.10. The van der Waals surface area contributed by atoms with Crippen molar-refractivity contribution in [3.8, 4) is 0 Å². The van der Waals surface area contributed by atoms with Crippen molar-refractivity contribution in [3.63, 3.8) is 0 Å². The lowest BCUT2D eigenvalue weighted by molar-refractivity contribution is 0.543. The molecule has 1 N–H and O–H groups in total. The molecule has 0 bridgehead atoms. The molecule has 112 valence electrons. The molecule has 1 fully saturated rings. The largest absolute Gasteiger partial charge is 0.367 e. The lowest BCUT2D eigenvalue weighted by Crippen LogP contribution is -2.30. The molecule has 0 aliphatic carbocycles. The smallest absolute Gasteiger partial charge is 0.137 e. The highest BCUT2D eigenvalue weighted by molar-refractivity contribution is 7.85. The monoisotopic (exact) mass is 315 g/mol. The quantitative estimate of drug-likeness (QED) is 0.852. The van der Waals surface area contributed by atoms with Gasteiger partial charge in [-0.3, -0.25) is 4.21 Å². The summed E-state index contributed by atoms with van der Waals surface area (Å²) in [5.41, 5.74) is 0.744. The molecule has 0 aromatic carbocycles. The van der Waals surface area contributed by atoms with Gasteiger partial charge >= 0.3 is 0 Å². The van der Waals surface area contributed by atoms with Gasteiger partial charge in [-0.15, -0.1) is 0 Å². The van der Waals surface area contributed by atoms with Gasteiger partial charge in [0, 0.05) is 39.3 Å². The van der Waals surface area contributed by atoms with Crippen molar-refractivity contribution in [1.29, 1.82) is 0 Å². The van der Waals surface area contributed by atoms with Crippen molar-refractivity contribution < 1.29 is 4.21 Å². The number of hydrogen-bond donors (Lipinski definition) is 1. The highest BCUT2D eigenvalue weighted by Gasteiger charge is 2.23. The van der Waals surface area contributed by atoms with E-state index in [-0.39, 0.29) is 5.41 Å². The van der Waals surface area contributed by atoms with Gasteiger partial charge in [-0.2, -0.15) is 0 Å². The predicted molar refractivity (Wildman–Crippen MR) is 85.0 cm³/mol. The van der Waals surface area contributed by atoms with Crippen LogP contribution in [0.2, 0.25) is 5.15 Å². The Bertz CT molecular complexity index is 518. The number of anilines is 1. The summed E-state index contributed by atoms with van der Waals surface area (Å²) in [7, 11) is -0.646. The first-order valence-corrected chi connectivity index (χ1v) is 8.80. The lowest BCUT2D eigenvalue weighted by atomic mass is 9.95. The Morgan fingerprint density at radius 2 is 1.85 bits per heavy atom. The Morgan fingerprint density at radius 3 is 2.40 bits per heavy atom. The molecule has 1 aliphatic heterocycles. The van der Waals surface area contributed by atoms with E-state index in [1.54, 1.807) is 0 Å². The third kappa shape index (κ3) is 3.70. The topological polar surface area (TPSA) is 54.9 Å². The Morgan fingerprint density at radius 1 is 1.25 bits per heavy atom. The van der Waals surface area contributed by atoms with Crippen LogP contribution < -0.4 is 5.32 Å². The third-order valence-corrected chi connectivity index (χ3v) is 5.24. The van der Waals surface area contributed by atoms with Crippen LogP contribution in [0.3, 0.4) is 0 Å². The van der Waals surface area contributed by atoms with E-state index in [9.17, 15) is 4.21 Å². The molecule has 1 aliphatic rings. The molecule has 0 spiro atoms. The average molecular weight is 316 g/mol. The summed E-state index contributed by atoms with van der Waals surface area (Å²) >= 11 is 6.23. The molecule has 20 heavy (non-hydrogen) atoms. The second kappa shape index (κ2) is 5.98. The predicted octanol–water partition coefficient (Wildman–Crippen LogP) is 3.06. The molecule has 2 heterocycles. The van der Waals surface area contributed by atoms with Crippen molar-refractivity contribution in [2.75, 3.05) is 16.8 Å². The Labute approximate surface area is 128 Å². The van der Waals surface area contributed by atoms with Crippen LogP contribution in [0.5, 0.6) is 0 Å². The summed E-state index contributed by atoms with van der Waals surface area (Å²) in [6.45, 7) is 8.14. The number of nitrogens with one attached hydrogen (secondary N) is 1. The summed E-state index contributed by atoms with van der Waals surface area (Å²) in [5, 5.41) is 3.96. The molecule has 1 saturated heterocycles. The average Bonchev–Trinajstić information content (AvgIpc) is 2.36. The normalized spacial score (nSPS) is 23.6. The highest BCUT2D eigenvalue weighted by Crippen LogP contribution is 2.27. The number of aromatic nitrogens is 2. The van der Waals surface area contributed by atoms with E-state index >= 15 is 0 Å². The van der Waals surface area contributed by atoms with E-state index in [1.165, 1.54) is 0 Å². The van der Waals surface area contributed by atoms with Gasteiger partial charge in [-0.1, -0.05) is 32.4 Å². The maximum Gasteiger partial charge on any atom is 0.137 e. The Balaban J connectivity index is 2.22. The van der Waals surface area contributed by atoms with Crippen LogP contribution in [0.4, 0.5) is 5.82 Å². The van der Waals surface area contributed by atoms with Gasteiger partial charge in [0.25, 0.3) is 0 Å². The fourth-order valence-corrected chi connectivity index (χ4v) is 3.57. The van der Waals surface area contributed by atoms with Gasteiger partial charge in [0.05, 0.1) is 0 Å². The molecule has 0 amide bonds. The second-order valence-electron chi connectivity index (χ2n) is 6.33. The van der Waals surface area contributed by atoms with E-state index in [4.69, 9.17) is 11.6 Å². The summed E-state index contributed by atoms with van der Waals surface area (Å²) in [5.74, 6) is 3.09. The zero-order valence-corrected chi connectivity index (χ0v) is 14.1. The number of halogens is 1. The van der Waals surface area contributed by atoms with Crippen LogP contribution in [0.1, 0.15) is 45.0 Å². The molecule has 4 nitrogen and oxygen atoms in total. The van der Waals surface area contributed by atoms with Crippen LogP contribution in [-0.4, -0.2) is 31.7 Å². The Kier molecular flexibility index (Phi) is 4.69. The molecule has 1 aromatic heterocycles. The minimum atomic E-state index is -0.646. The molecule has 1 aromatic rings. The lowest BCUT2D eigenvalue weighted by Gasteiger charge is -2.25. The molecule has 6 heteroatoms. The summed E-state index contributed by atoms with van der Waals surface area (Å²) in [6.07, 6.45) is 1.83. The molecule has 0 unspecified atom stereocenters. The number of rotatable bonds is 2. The van der Waals surface area contributed by atoms with Gasteiger partial charge in [0.2, 0.25) is 0 Å². The zero-order chi connectivity index (χ0) is 14.9. The second-order valence-corrected chi connectivity index (χ2v) is 8.38. The summed E-state index contributed by atoms with van der Waals surface area (Å²) in [6, 6.07) is 0.324. The van der Waals surface area contributed by atoms with Crippen molar-refractivity contribution in [3.05, 3.63) is 16.5 Å². The van der Waals surface area contributed by atoms with Crippen LogP contribution in [-0.2, 0) is 16.2 Å². The Hall–Kier alpha value is -0.680. The molecule has 0 atom stereocenters. The minimum absolute atomic E-state index is 0.137. The first-order valence-electron chi connectivity index (χ1n) is 6.93. The van der Waals surface area contributed by atoms with Crippen LogP contribution in [0.15, 0.2) is 0 Å². The van der Waals surface area contributed by atoms with Crippen molar-refractivity contribution >= 4 is 28.2 Å².